The van der Waals surface area contributed by atoms with Crippen LogP contribution in [0.5, 0.6) is 0 Å². The van der Waals surface area contributed by atoms with E-state index in [2.05, 4.69) is 4.98 Å². The van der Waals surface area contributed by atoms with Crippen molar-refractivity contribution in [3.05, 3.63) is 18.5 Å². The van der Waals surface area contributed by atoms with Crippen LogP contribution in [0.15, 0.2) is 23.4 Å². The molecule has 0 aliphatic rings. The van der Waals surface area contributed by atoms with Gasteiger partial charge in [-0.25, -0.2) is 0 Å². The highest BCUT2D eigenvalue weighted by atomic mass is 32.2. The van der Waals surface area contributed by atoms with Crippen LogP contribution in [-0.2, 0) is 0 Å². The first-order chi connectivity index (χ1) is 4.34. The Balaban J connectivity index is 3.01. The molecule has 0 amide bonds. The van der Waals surface area contributed by atoms with Gasteiger partial charge >= 0.3 is 0 Å². The Kier molecular flexibility index (Phi) is 1.92. The standard InChI is InChI=1S/C5H7N3S/c6-4-1-2-8-3-5(4)9-7/h1-3H,7H2,(H2,6,8). The molecule has 0 radical (unpaired) electrons. The number of rotatable bonds is 1. The molecule has 1 aromatic heterocycles. The predicted octanol–water partition coefficient (Wildman–Crippen LogP) is 0.630. The molecule has 9 heavy (non-hydrogen) atoms. The van der Waals surface area contributed by atoms with Crippen molar-refractivity contribution >= 4 is 17.6 Å². The van der Waals surface area contributed by atoms with Crippen LogP contribution in [0.3, 0.4) is 0 Å². The van der Waals surface area contributed by atoms with Crippen molar-refractivity contribution in [2.45, 2.75) is 4.90 Å². The quantitative estimate of drug-likeness (QED) is 0.563. The number of pyridine rings is 1. The van der Waals surface area contributed by atoms with Gasteiger partial charge < -0.3 is 5.73 Å². The molecule has 0 fully saturated rings. The van der Waals surface area contributed by atoms with E-state index < -0.39 is 0 Å². The van der Waals surface area contributed by atoms with E-state index in [9.17, 15) is 0 Å². The van der Waals surface area contributed by atoms with E-state index in [-0.39, 0.29) is 0 Å². The first-order valence-corrected chi connectivity index (χ1v) is 3.29. The van der Waals surface area contributed by atoms with Crippen LogP contribution in [0, 0.1) is 0 Å². The number of hydrogen-bond acceptors (Lipinski definition) is 4. The minimum atomic E-state index is 0.678. The molecule has 0 aliphatic heterocycles. The second-order valence-corrected chi connectivity index (χ2v) is 2.21. The molecule has 0 aromatic carbocycles. The van der Waals surface area contributed by atoms with Crippen molar-refractivity contribution in [2.24, 2.45) is 5.14 Å². The highest BCUT2D eigenvalue weighted by Gasteiger charge is 1.92. The predicted molar refractivity (Wildman–Crippen MR) is 38.7 cm³/mol. The van der Waals surface area contributed by atoms with Gasteiger partial charge in [-0.3, -0.25) is 10.1 Å². The summed E-state index contributed by atoms with van der Waals surface area (Å²) in [4.78, 5) is 4.65. The molecule has 0 saturated carbocycles. The molecular weight excluding hydrogens is 134 g/mol. The van der Waals surface area contributed by atoms with Crippen LogP contribution >= 0.6 is 11.9 Å². The van der Waals surface area contributed by atoms with Crippen molar-refractivity contribution in [2.75, 3.05) is 5.73 Å². The van der Waals surface area contributed by atoms with Crippen LogP contribution in [-0.4, -0.2) is 4.98 Å². The monoisotopic (exact) mass is 141 g/mol. The van der Waals surface area contributed by atoms with Crippen molar-refractivity contribution in [1.29, 1.82) is 0 Å². The minimum Gasteiger partial charge on any atom is -0.398 e. The largest absolute Gasteiger partial charge is 0.398 e. The fourth-order valence-corrected chi connectivity index (χ4v) is 0.815. The number of aromatic nitrogens is 1. The summed E-state index contributed by atoms with van der Waals surface area (Å²) < 4.78 is 0. The average Bonchev–Trinajstić information content (AvgIpc) is 1.89. The normalized spacial score (nSPS) is 9.44. The van der Waals surface area contributed by atoms with Crippen molar-refractivity contribution in [3.63, 3.8) is 0 Å². The van der Waals surface area contributed by atoms with Crippen molar-refractivity contribution in [1.82, 2.24) is 4.98 Å². The van der Waals surface area contributed by atoms with Crippen molar-refractivity contribution in [3.8, 4) is 0 Å². The molecular formula is C5H7N3S. The van der Waals surface area contributed by atoms with Gasteiger partial charge in [0.1, 0.15) is 0 Å². The second-order valence-electron chi connectivity index (χ2n) is 1.53. The fourth-order valence-electron chi connectivity index (χ4n) is 0.489. The Morgan fingerprint density at radius 2 is 2.33 bits per heavy atom. The summed E-state index contributed by atoms with van der Waals surface area (Å²) >= 11 is 1.11. The topological polar surface area (TPSA) is 64.9 Å². The Bertz CT molecular complexity index is 201. The van der Waals surface area contributed by atoms with Crippen LogP contribution in [0.2, 0.25) is 0 Å². The molecule has 0 saturated heterocycles. The van der Waals surface area contributed by atoms with Gasteiger partial charge in [0, 0.05) is 18.1 Å². The molecule has 4 heteroatoms. The molecule has 3 nitrogen and oxygen atoms in total. The first-order valence-electron chi connectivity index (χ1n) is 2.41. The van der Waals surface area contributed by atoms with E-state index in [0.29, 0.717) is 5.69 Å². The number of hydrogen-bond donors (Lipinski definition) is 2. The molecule has 1 heterocycles. The van der Waals surface area contributed by atoms with E-state index >= 15 is 0 Å². The summed E-state index contributed by atoms with van der Waals surface area (Å²) in [5, 5.41) is 5.25. The molecule has 0 bridgehead atoms. The van der Waals surface area contributed by atoms with Gasteiger partial charge in [0.05, 0.1) is 4.90 Å². The number of nitrogen functional groups attached to an aromatic ring is 1. The Morgan fingerprint density at radius 1 is 1.56 bits per heavy atom. The lowest BCUT2D eigenvalue weighted by Gasteiger charge is -1.96. The molecule has 1 rings (SSSR count). The molecule has 0 unspecified atom stereocenters. The third-order valence-electron chi connectivity index (χ3n) is 0.943. The second kappa shape index (κ2) is 2.70. The summed E-state index contributed by atoms with van der Waals surface area (Å²) in [5.41, 5.74) is 6.17. The average molecular weight is 141 g/mol. The molecule has 48 valence electrons. The van der Waals surface area contributed by atoms with E-state index in [1.807, 2.05) is 0 Å². The Labute approximate surface area is 57.6 Å². The van der Waals surface area contributed by atoms with Crippen molar-refractivity contribution < 1.29 is 0 Å². The molecule has 0 atom stereocenters. The summed E-state index contributed by atoms with van der Waals surface area (Å²) in [7, 11) is 0. The summed E-state index contributed by atoms with van der Waals surface area (Å²) in [5.74, 6) is 0. The van der Waals surface area contributed by atoms with E-state index in [0.717, 1.165) is 16.8 Å². The SMILES string of the molecule is NSc1cnccc1N. The lowest BCUT2D eigenvalue weighted by Crippen LogP contribution is -1.90. The zero-order valence-corrected chi connectivity index (χ0v) is 5.56. The van der Waals surface area contributed by atoms with E-state index in [4.69, 9.17) is 10.9 Å². The van der Waals surface area contributed by atoms with Gasteiger partial charge in [-0.15, -0.1) is 0 Å². The van der Waals surface area contributed by atoms with Gasteiger partial charge in [-0.1, -0.05) is 0 Å². The molecule has 0 aliphatic carbocycles. The lowest BCUT2D eigenvalue weighted by molar-refractivity contribution is 1.24. The number of anilines is 1. The lowest BCUT2D eigenvalue weighted by atomic mass is 10.4. The van der Waals surface area contributed by atoms with E-state index in [1.165, 1.54) is 0 Å². The summed E-state index contributed by atoms with van der Waals surface area (Å²) in [6, 6.07) is 1.72. The number of nitrogens with two attached hydrogens (primary N) is 2. The Hall–Kier alpha value is -0.740. The Morgan fingerprint density at radius 3 is 2.78 bits per heavy atom. The number of nitrogens with zero attached hydrogens (tertiary/aromatic N) is 1. The maximum Gasteiger partial charge on any atom is 0.0638 e. The van der Waals surface area contributed by atoms with Crippen LogP contribution in [0.1, 0.15) is 0 Å². The van der Waals surface area contributed by atoms with Gasteiger partial charge in [0.2, 0.25) is 0 Å². The van der Waals surface area contributed by atoms with Gasteiger partial charge in [0.15, 0.2) is 0 Å². The summed E-state index contributed by atoms with van der Waals surface area (Å²) in [6.45, 7) is 0. The van der Waals surface area contributed by atoms with Gasteiger partial charge in [0.25, 0.3) is 0 Å². The van der Waals surface area contributed by atoms with Crippen LogP contribution < -0.4 is 10.9 Å². The third-order valence-corrected chi connectivity index (χ3v) is 1.54. The highest BCUT2D eigenvalue weighted by Crippen LogP contribution is 2.16. The van der Waals surface area contributed by atoms with Crippen LogP contribution in [0.4, 0.5) is 5.69 Å². The smallest absolute Gasteiger partial charge is 0.0638 e. The van der Waals surface area contributed by atoms with Crippen LogP contribution in [0.25, 0.3) is 0 Å². The van der Waals surface area contributed by atoms with Gasteiger partial charge in [-0.2, -0.15) is 0 Å². The first kappa shape index (κ1) is 6.38. The zero-order valence-electron chi connectivity index (χ0n) is 4.74. The maximum atomic E-state index is 5.49. The minimum absolute atomic E-state index is 0.678. The molecule has 0 spiro atoms. The maximum absolute atomic E-state index is 5.49. The highest BCUT2D eigenvalue weighted by molar-refractivity contribution is 7.97. The third kappa shape index (κ3) is 1.34. The van der Waals surface area contributed by atoms with Gasteiger partial charge in [-0.05, 0) is 18.0 Å². The molecule has 4 N–H and O–H groups in total. The fraction of sp³-hybridized carbons (Fsp3) is 0. The van der Waals surface area contributed by atoms with E-state index in [1.54, 1.807) is 18.5 Å². The summed E-state index contributed by atoms with van der Waals surface area (Å²) in [6.07, 6.45) is 3.27. The zero-order chi connectivity index (χ0) is 6.69. The molecule has 1 aromatic rings.